The van der Waals surface area contributed by atoms with Gasteiger partial charge in [0.1, 0.15) is 34.4 Å². The minimum absolute atomic E-state index is 0.0387. The van der Waals surface area contributed by atoms with Crippen LogP contribution in [0.15, 0.2) is 75.8 Å². The normalized spacial score (nSPS) is 11.2. The monoisotopic (exact) mass is 460 g/mol. The summed E-state index contributed by atoms with van der Waals surface area (Å²) in [5, 5.41) is 12.7. The first-order valence-corrected chi connectivity index (χ1v) is 10.2. The summed E-state index contributed by atoms with van der Waals surface area (Å²) in [5.41, 5.74) is 0.332. The van der Waals surface area contributed by atoms with Gasteiger partial charge in [0.05, 0.1) is 12.8 Å². The van der Waals surface area contributed by atoms with Gasteiger partial charge in [-0.25, -0.2) is 0 Å². The minimum atomic E-state index is -0.667. The summed E-state index contributed by atoms with van der Waals surface area (Å²) in [5.74, 6) is 0.207. The number of aryl methyl sites for hydroxylation is 1. The molecule has 33 heavy (non-hydrogen) atoms. The molecule has 0 saturated heterocycles. The predicted octanol–water partition coefficient (Wildman–Crippen LogP) is 4.27. The summed E-state index contributed by atoms with van der Waals surface area (Å²) >= 11 is 5.94. The third-order valence-corrected chi connectivity index (χ3v) is 4.99. The van der Waals surface area contributed by atoms with Gasteiger partial charge in [0, 0.05) is 11.2 Å². The number of rotatable bonds is 6. The molecule has 0 bridgehead atoms. The number of hydrogen-bond acceptors (Lipinski definition) is 6. The number of benzene rings is 1. The number of amides is 1. The molecule has 4 aromatic rings. The van der Waals surface area contributed by atoms with Gasteiger partial charge in [-0.05, 0) is 61.0 Å². The highest BCUT2D eigenvalue weighted by Crippen LogP contribution is 2.26. The molecule has 0 spiro atoms. The first-order valence-electron chi connectivity index (χ1n) is 9.84. The van der Waals surface area contributed by atoms with Crippen LogP contribution in [0.25, 0.3) is 11.7 Å². The van der Waals surface area contributed by atoms with Crippen LogP contribution in [0.1, 0.15) is 16.9 Å². The van der Waals surface area contributed by atoms with Gasteiger partial charge in [-0.2, -0.15) is 10.2 Å². The lowest BCUT2D eigenvalue weighted by Gasteiger charge is -2.11. The van der Waals surface area contributed by atoms with E-state index in [2.05, 4.69) is 10.3 Å². The number of pyridine rings is 1. The zero-order valence-electron chi connectivity index (χ0n) is 17.4. The third kappa shape index (κ3) is 4.79. The molecular weight excluding hydrogens is 444 g/mol. The Kier molecular flexibility index (Phi) is 6.24. The molecule has 3 heterocycles. The van der Waals surface area contributed by atoms with E-state index in [0.717, 1.165) is 5.56 Å². The summed E-state index contributed by atoms with van der Waals surface area (Å²) in [6, 6.07) is 15.2. The van der Waals surface area contributed by atoms with Gasteiger partial charge < -0.3 is 14.5 Å². The molecule has 0 saturated carbocycles. The van der Waals surface area contributed by atoms with Gasteiger partial charge in [-0.1, -0.05) is 17.7 Å². The fourth-order valence-electron chi connectivity index (χ4n) is 3.08. The summed E-state index contributed by atoms with van der Waals surface area (Å²) in [4.78, 5) is 30.4. The summed E-state index contributed by atoms with van der Waals surface area (Å²) in [7, 11) is 0. The highest BCUT2D eigenvalue weighted by atomic mass is 35.5. The van der Waals surface area contributed by atoms with E-state index in [9.17, 15) is 14.9 Å². The van der Waals surface area contributed by atoms with Gasteiger partial charge in [0.25, 0.3) is 11.5 Å². The first kappa shape index (κ1) is 21.9. The Morgan fingerprint density at radius 2 is 2.06 bits per heavy atom. The SMILES string of the molecule is Cc1cccn2c(=O)c(C=C(C#N)C(=O)NCc3ccco3)c(Oc3ccc(Cl)cc3)nc12. The Balaban J connectivity index is 1.79. The van der Waals surface area contributed by atoms with E-state index in [4.69, 9.17) is 20.8 Å². The molecule has 4 rings (SSSR count). The van der Waals surface area contributed by atoms with Crippen molar-refractivity contribution in [3.63, 3.8) is 0 Å². The molecule has 1 amide bonds. The highest BCUT2D eigenvalue weighted by Gasteiger charge is 2.18. The number of nitrogens with zero attached hydrogens (tertiary/aromatic N) is 3. The molecule has 1 aromatic carbocycles. The second kappa shape index (κ2) is 9.42. The number of nitrogens with one attached hydrogen (secondary N) is 1. The molecule has 164 valence electrons. The highest BCUT2D eigenvalue weighted by molar-refractivity contribution is 6.30. The van der Waals surface area contributed by atoms with E-state index in [1.165, 1.54) is 16.7 Å². The second-order valence-electron chi connectivity index (χ2n) is 7.01. The molecule has 0 atom stereocenters. The Bertz CT molecular complexity index is 1450. The van der Waals surface area contributed by atoms with Crippen molar-refractivity contribution in [1.29, 1.82) is 5.26 Å². The Labute approximate surface area is 193 Å². The third-order valence-electron chi connectivity index (χ3n) is 4.73. The quantitative estimate of drug-likeness (QED) is 0.340. The smallest absolute Gasteiger partial charge is 0.269 e. The number of aromatic nitrogens is 2. The standard InChI is InChI=1S/C24H17ClN4O4/c1-15-4-2-10-29-21(15)28-23(33-18-8-6-17(25)7-9-18)20(24(29)31)12-16(13-26)22(30)27-14-19-5-3-11-32-19/h2-12H,14H2,1H3,(H,27,30). The molecule has 0 aliphatic heterocycles. The lowest BCUT2D eigenvalue weighted by Crippen LogP contribution is -2.25. The fraction of sp³-hybridized carbons (Fsp3) is 0.0833. The molecule has 0 aliphatic rings. The molecular formula is C24H17ClN4O4. The molecule has 3 aromatic heterocycles. The zero-order chi connectivity index (χ0) is 23.4. The summed E-state index contributed by atoms with van der Waals surface area (Å²) < 4.78 is 12.4. The van der Waals surface area contributed by atoms with Crippen LogP contribution >= 0.6 is 11.6 Å². The maximum Gasteiger partial charge on any atom is 0.269 e. The van der Waals surface area contributed by atoms with Crippen molar-refractivity contribution in [2.45, 2.75) is 13.5 Å². The number of carbonyl (C=O) groups is 1. The van der Waals surface area contributed by atoms with Crippen LogP contribution in [-0.2, 0) is 11.3 Å². The van der Waals surface area contributed by atoms with Crippen molar-refractivity contribution >= 4 is 29.2 Å². The van der Waals surface area contributed by atoms with Crippen molar-refractivity contribution in [2.75, 3.05) is 0 Å². The summed E-state index contributed by atoms with van der Waals surface area (Å²) in [6.07, 6.45) is 4.21. The number of ether oxygens (including phenoxy) is 1. The number of fused-ring (bicyclic) bond motifs is 1. The van der Waals surface area contributed by atoms with Crippen LogP contribution in [0.3, 0.4) is 0 Å². The number of carbonyl (C=O) groups excluding carboxylic acids is 1. The Morgan fingerprint density at radius 1 is 1.27 bits per heavy atom. The molecule has 0 unspecified atom stereocenters. The summed E-state index contributed by atoms with van der Waals surface area (Å²) in [6.45, 7) is 1.90. The maximum absolute atomic E-state index is 13.3. The lowest BCUT2D eigenvalue weighted by atomic mass is 10.1. The van der Waals surface area contributed by atoms with Gasteiger partial charge in [-0.15, -0.1) is 0 Å². The van der Waals surface area contributed by atoms with E-state index >= 15 is 0 Å². The van der Waals surface area contributed by atoms with Gasteiger partial charge >= 0.3 is 0 Å². The molecule has 0 aliphatic carbocycles. The lowest BCUT2D eigenvalue weighted by molar-refractivity contribution is -0.117. The van der Waals surface area contributed by atoms with Crippen LogP contribution in [0.5, 0.6) is 11.6 Å². The molecule has 8 nitrogen and oxygen atoms in total. The average Bonchev–Trinajstić information content (AvgIpc) is 3.33. The van der Waals surface area contributed by atoms with Crippen molar-refractivity contribution in [1.82, 2.24) is 14.7 Å². The topological polar surface area (TPSA) is 110 Å². The average molecular weight is 461 g/mol. The first-order chi connectivity index (χ1) is 16.0. The van der Waals surface area contributed by atoms with Crippen LogP contribution < -0.4 is 15.6 Å². The van der Waals surface area contributed by atoms with Crippen molar-refractivity contribution in [3.05, 3.63) is 98.8 Å². The zero-order valence-corrected chi connectivity index (χ0v) is 18.2. The number of hydrogen-bond donors (Lipinski definition) is 1. The van der Waals surface area contributed by atoms with Gasteiger partial charge in [0.15, 0.2) is 0 Å². The van der Waals surface area contributed by atoms with Gasteiger partial charge in [0.2, 0.25) is 5.88 Å². The minimum Gasteiger partial charge on any atom is -0.467 e. The fourth-order valence-corrected chi connectivity index (χ4v) is 3.20. The Morgan fingerprint density at radius 3 is 2.76 bits per heavy atom. The molecule has 0 radical (unpaired) electrons. The molecule has 0 fully saturated rings. The van der Waals surface area contributed by atoms with Crippen LogP contribution in [0.2, 0.25) is 5.02 Å². The second-order valence-corrected chi connectivity index (χ2v) is 7.44. The molecule has 1 N–H and O–H groups in total. The largest absolute Gasteiger partial charge is 0.467 e. The van der Waals surface area contributed by atoms with Crippen LogP contribution in [0.4, 0.5) is 0 Å². The number of halogens is 1. The maximum atomic E-state index is 13.3. The number of furan rings is 1. The Hall–Kier alpha value is -4.35. The van der Waals surface area contributed by atoms with Crippen molar-refractivity contribution < 1.29 is 13.9 Å². The predicted molar refractivity (Wildman–Crippen MR) is 122 cm³/mol. The van der Waals surface area contributed by atoms with Crippen LogP contribution in [0, 0.1) is 18.3 Å². The van der Waals surface area contributed by atoms with E-state index in [1.54, 1.807) is 48.7 Å². The van der Waals surface area contributed by atoms with Crippen molar-refractivity contribution in [3.8, 4) is 17.7 Å². The number of nitriles is 1. The van der Waals surface area contributed by atoms with E-state index in [-0.39, 0.29) is 23.6 Å². The van der Waals surface area contributed by atoms with Gasteiger partial charge in [-0.3, -0.25) is 14.0 Å². The van der Waals surface area contributed by atoms with Crippen LogP contribution in [-0.4, -0.2) is 15.3 Å². The van der Waals surface area contributed by atoms with E-state index in [1.807, 2.05) is 19.1 Å². The van der Waals surface area contributed by atoms with E-state index < -0.39 is 11.5 Å². The van der Waals surface area contributed by atoms with Crippen molar-refractivity contribution in [2.24, 2.45) is 0 Å². The van der Waals surface area contributed by atoms with E-state index in [0.29, 0.717) is 22.2 Å². The molecule has 9 heteroatoms.